The number of carbonyl (C=O) groups excluding carboxylic acids is 1. The maximum absolute atomic E-state index is 12.4. The molecule has 3 nitrogen and oxygen atoms in total. The van der Waals surface area contributed by atoms with Crippen LogP contribution in [-0.2, 0) is 9.53 Å². The number of hydrogen-bond donors (Lipinski definition) is 1. The summed E-state index contributed by atoms with van der Waals surface area (Å²) in [7, 11) is 4.07. The summed E-state index contributed by atoms with van der Waals surface area (Å²) in [4.78, 5) is 13.7. The fourth-order valence-electron chi connectivity index (χ4n) is 2.02. The molecular formula is C19H23ClNO2+. The summed E-state index contributed by atoms with van der Waals surface area (Å²) in [6.45, 7) is 1.21. The van der Waals surface area contributed by atoms with E-state index in [0.29, 0.717) is 12.2 Å². The van der Waals surface area contributed by atoms with Crippen LogP contribution in [0.4, 0.5) is 0 Å². The number of rotatable bonds is 6. The van der Waals surface area contributed by atoms with Crippen LogP contribution in [0.25, 0.3) is 11.6 Å². The number of carbonyl (C=O) groups is 1. The molecule has 0 saturated carbocycles. The average Bonchev–Trinajstić information content (AvgIpc) is 2.54. The molecule has 0 amide bonds. The van der Waals surface area contributed by atoms with Crippen LogP contribution in [0, 0.1) is 0 Å². The lowest BCUT2D eigenvalue weighted by Crippen LogP contribution is -3.06. The van der Waals surface area contributed by atoms with Crippen LogP contribution >= 0.6 is 12.4 Å². The van der Waals surface area contributed by atoms with Crippen molar-refractivity contribution in [2.45, 2.75) is 0 Å². The Hall–Kier alpha value is -2.10. The van der Waals surface area contributed by atoms with Gasteiger partial charge in [-0.25, -0.2) is 4.79 Å². The van der Waals surface area contributed by atoms with Crippen LogP contribution in [-0.4, -0.2) is 33.2 Å². The minimum absolute atomic E-state index is 0. The van der Waals surface area contributed by atoms with Crippen molar-refractivity contribution in [1.29, 1.82) is 0 Å². The number of quaternary nitrogens is 1. The van der Waals surface area contributed by atoms with Gasteiger partial charge in [0.15, 0.2) is 0 Å². The van der Waals surface area contributed by atoms with Gasteiger partial charge in [-0.15, -0.1) is 12.4 Å². The monoisotopic (exact) mass is 332 g/mol. The maximum atomic E-state index is 12.4. The van der Waals surface area contributed by atoms with Crippen molar-refractivity contribution in [1.82, 2.24) is 0 Å². The number of hydrogen-bond acceptors (Lipinski definition) is 2. The van der Waals surface area contributed by atoms with Crippen molar-refractivity contribution >= 4 is 30.0 Å². The molecule has 2 aromatic carbocycles. The van der Waals surface area contributed by atoms with Gasteiger partial charge in [-0.1, -0.05) is 60.7 Å². The summed E-state index contributed by atoms with van der Waals surface area (Å²) in [6, 6.07) is 19.4. The van der Waals surface area contributed by atoms with Gasteiger partial charge in [0.25, 0.3) is 0 Å². The van der Waals surface area contributed by atoms with Crippen LogP contribution in [0.1, 0.15) is 11.1 Å². The quantitative estimate of drug-likeness (QED) is 0.500. The van der Waals surface area contributed by atoms with Crippen molar-refractivity contribution in [3.63, 3.8) is 0 Å². The SMILES string of the molecule is C[NH+](C)CCOC(=O)C(=Cc1ccccc1)c1ccccc1.Cl. The largest absolute Gasteiger partial charge is 0.456 e. The van der Waals surface area contributed by atoms with Crippen LogP contribution in [0.3, 0.4) is 0 Å². The van der Waals surface area contributed by atoms with Gasteiger partial charge >= 0.3 is 5.97 Å². The van der Waals surface area contributed by atoms with Gasteiger partial charge in [0.1, 0.15) is 13.2 Å². The Bertz CT molecular complexity index is 624. The highest BCUT2D eigenvalue weighted by atomic mass is 35.5. The van der Waals surface area contributed by atoms with Crippen molar-refractivity contribution in [2.75, 3.05) is 27.2 Å². The minimum Gasteiger partial charge on any atom is -0.456 e. The molecule has 0 aromatic heterocycles. The Morgan fingerprint density at radius 2 is 1.57 bits per heavy atom. The molecule has 23 heavy (non-hydrogen) atoms. The number of benzene rings is 2. The normalized spacial score (nSPS) is 11.0. The van der Waals surface area contributed by atoms with Gasteiger partial charge in [0.2, 0.25) is 0 Å². The molecule has 0 spiro atoms. The van der Waals surface area contributed by atoms with Gasteiger partial charge in [-0.3, -0.25) is 0 Å². The van der Waals surface area contributed by atoms with Gasteiger partial charge in [0, 0.05) is 0 Å². The highest BCUT2D eigenvalue weighted by Crippen LogP contribution is 2.19. The second-order valence-corrected chi connectivity index (χ2v) is 5.43. The van der Waals surface area contributed by atoms with Crippen molar-refractivity contribution < 1.29 is 14.4 Å². The summed E-state index contributed by atoms with van der Waals surface area (Å²) in [6.07, 6.45) is 1.88. The predicted octanol–water partition coefficient (Wildman–Crippen LogP) is 2.34. The fourth-order valence-corrected chi connectivity index (χ4v) is 2.02. The zero-order chi connectivity index (χ0) is 15.8. The lowest BCUT2D eigenvalue weighted by Gasteiger charge is -2.10. The zero-order valence-electron chi connectivity index (χ0n) is 13.5. The highest BCUT2D eigenvalue weighted by molar-refractivity contribution is 6.21. The molecule has 0 fully saturated rings. The summed E-state index contributed by atoms with van der Waals surface area (Å²) in [5.41, 5.74) is 2.44. The first kappa shape index (κ1) is 18.9. The molecule has 2 aromatic rings. The van der Waals surface area contributed by atoms with Gasteiger partial charge in [0.05, 0.1) is 19.7 Å². The molecule has 0 radical (unpaired) electrons. The van der Waals surface area contributed by atoms with E-state index in [1.807, 2.05) is 80.8 Å². The molecule has 0 saturated heterocycles. The van der Waals surface area contributed by atoms with E-state index in [2.05, 4.69) is 0 Å². The lowest BCUT2D eigenvalue weighted by atomic mass is 10.0. The molecule has 2 rings (SSSR count). The van der Waals surface area contributed by atoms with Gasteiger partial charge < -0.3 is 9.64 Å². The Morgan fingerprint density at radius 3 is 2.13 bits per heavy atom. The summed E-state index contributed by atoms with van der Waals surface area (Å²) < 4.78 is 5.41. The topological polar surface area (TPSA) is 30.7 Å². The first-order chi connectivity index (χ1) is 10.7. The standard InChI is InChI=1S/C19H21NO2.ClH/c1-20(2)13-14-22-19(21)18(17-11-7-4-8-12-17)15-16-9-5-3-6-10-16;/h3-12,15H,13-14H2,1-2H3;1H/p+1. The molecule has 0 aliphatic heterocycles. The van der Waals surface area contributed by atoms with Crippen LogP contribution in [0.2, 0.25) is 0 Å². The third-order valence-corrected chi connectivity index (χ3v) is 3.25. The first-order valence-electron chi connectivity index (χ1n) is 7.45. The average molecular weight is 333 g/mol. The van der Waals surface area contributed by atoms with Crippen molar-refractivity contribution in [3.8, 4) is 0 Å². The minimum atomic E-state index is -0.281. The number of halogens is 1. The predicted molar refractivity (Wildman–Crippen MR) is 96.6 cm³/mol. The molecule has 0 atom stereocenters. The molecule has 0 unspecified atom stereocenters. The number of likely N-dealkylation sites (N-methyl/N-ethyl adjacent to an activating group) is 1. The zero-order valence-corrected chi connectivity index (χ0v) is 14.3. The Morgan fingerprint density at radius 1 is 1.00 bits per heavy atom. The van der Waals surface area contributed by atoms with E-state index in [-0.39, 0.29) is 18.4 Å². The summed E-state index contributed by atoms with van der Waals surface area (Å²) in [5, 5.41) is 0. The molecule has 122 valence electrons. The van der Waals surface area contributed by atoms with E-state index in [1.165, 1.54) is 4.90 Å². The highest BCUT2D eigenvalue weighted by Gasteiger charge is 2.14. The summed E-state index contributed by atoms with van der Waals surface area (Å²) in [5.74, 6) is -0.281. The smallest absolute Gasteiger partial charge is 0.338 e. The number of ether oxygens (including phenoxy) is 1. The van der Waals surface area contributed by atoms with Gasteiger partial charge in [-0.05, 0) is 17.2 Å². The molecule has 4 heteroatoms. The molecular weight excluding hydrogens is 310 g/mol. The van der Waals surface area contributed by atoms with Crippen molar-refractivity contribution in [3.05, 3.63) is 71.8 Å². The van der Waals surface area contributed by atoms with E-state index in [0.717, 1.165) is 17.7 Å². The molecule has 0 aliphatic carbocycles. The summed E-state index contributed by atoms with van der Waals surface area (Å²) >= 11 is 0. The first-order valence-corrected chi connectivity index (χ1v) is 7.45. The van der Waals surface area contributed by atoms with E-state index >= 15 is 0 Å². The van der Waals surface area contributed by atoms with E-state index in [1.54, 1.807) is 0 Å². The Kier molecular flexibility index (Phi) is 8.09. The Labute approximate surface area is 144 Å². The lowest BCUT2D eigenvalue weighted by molar-refractivity contribution is -0.858. The third kappa shape index (κ3) is 6.27. The molecule has 1 N–H and O–H groups in total. The molecule has 0 heterocycles. The third-order valence-electron chi connectivity index (χ3n) is 3.25. The van der Waals surface area contributed by atoms with Crippen LogP contribution in [0.5, 0.6) is 0 Å². The molecule has 0 aliphatic rings. The van der Waals surface area contributed by atoms with E-state index < -0.39 is 0 Å². The number of esters is 1. The second-order valence-electron chi connectivity index (χ2n) is 5.43. The van der Waals surface area contributed by atoms with Crippen LogP contribution in [0.15, 0.2) is 60.7 Å². The van der Waals surface area contributed by atoms with Crippen LogP contribution < -0.4 is 4.90 Å². The van der Waals surface area contributed by atoms with E-state index in [9.17, 15) is 4.79 Å². The fraction of sp³-hybridized carbons (Fsp3) is 0.211. The second kappa shape index (κ2) is 9.82. The molecule has 0 bridgehead atoms. The van der Waals surface area contributed by atoms with Crippen molar-refractivity contribution in [2.24, 2.45) is 0 Å². The number of nitrogens with one attached hydrogen (secondary N) is 1. The van der Waals surface area contributed by atoms with E-state index in [4.69, 9.17) is 4.74 Å². The maximum Gasteiger partial charge on any atom is 0.338 e. The van der Waals surface area contributed by atoms with Gasteiger partial charge in [-0.2, -0.15) is 0 Å². The Balaban J connectivity index is 0.00000264.